The lowest BCUT2D eigenvalue weighted by atomic mass is 9.85. The van der Waals surface area contributed by atoms with Crippen molar-refractivity contribution in [3.05, 3.63) is 18.2 Å². The fourth-order valence-corrected chi connectivity index (χ4v) is 2.78. The smallest absolute Gasteiger partial charge is 0.284 e. The van der Waals surface area contributed by atoms with Crippen LogP contribution in [-0.4, -0.2) is 39.8 Å². The van der Waals surface area contributed by atoms with Crippen molar-refractivity contribution in [3.63, 3.8) is 0 Å². The first kappa shape index (κ1) is 14.0. The largest absolute Gasteiger partial charge is 0.396 e. The molecule has 1 aromatic rings. The predicted octanol–water partition coefficient (Wildman–Crippen LogP) is 0.123. The second-order valence-electron chi connectivity index (χ2n) is 5.10. The lowest BCUT2D eigenvalue weighted by molar-refractivity contribution is 0.0986. The number of nitrogens with two attached hydrogens (primary N) is 1. The number of hydrogen-bond donors (Lipinski definition) is 3. The number of nitrogens with one attached hydrogen (secondary N) is 1. The van der Waals surface area contributed by atoms with E-state index in [1.165, 1.54) is 12.8 Å². The van der Waals surface area contributed by atoms with E-state index in [9.17, 15) is 9.90 Å². The van der Waals surface area contributed by atoms with Gasteiger partial charge in [0.25, 0.3) is 5.91 Å². The number of hydrogen-bond acceptors (Lipinski definition) is 4. The monoisotopic (exact) mass is 266 g/mol. The van der Waals surface area contributed by atoms with E-state index in [-0.39, 0.29) is 6.61 Å². The molecule has 19 heavy (non-hydrogen) atoms. The van der Waals surface area contributed by atoms with Crippen molar-refractivity contribution in [2.45, 2.75) is 38.3 Å². The highest BCUT2D eigenvalue weighted by atomic mass is 16.3. The number of carbonyl (C=O) groups excluding carboxylic acids is 1. The number of imidazole rings is 1. The summed E-state index contributed by atoms with van der Waals surface area (Å²) in [5.74, 6) is 0.146. The number of rotatable bonds is 6. The molecule has 0 aliphatic heterocycles. The fraction of sp³-hybridized carbons (Fsp3) is 0.692. The van der Waals surface area contributed by atoms with Gasteiger partial charge in [0, 0.05) is 38.1 Å². The third kappa shape index (κ3) is 3.54. The van der Waals surface area contributed by atoms with Gasteiger partial charge in [-0.15, -0.1) is 0 Å². The Bertz CT molecular complexity index is 419. The van der Waals surface area contributed by atoms with E-state index in [0.29, 0.717) is 24.3 Å². The number of aromatic nitrogens is 2. The number of primary amides is 1. The van der Waals surface area contributed by atoms with Gasteiger partial charge in [-0.2, -0.15) is 0 Å². The Morgan fingerprint density at radius 3 is 3.05 bits per heavy atom. The highest BCUT2D eigenvalue weighted by molar-refractivity contribution is 5.89. The van der Waals surface area contributed by atoms with Crippen molar-refractivity contribution in [1.29, 1.82) is 0 Å². The van der Waals surface area contributed by atoms with Crippen LogP contribution in [0.1, 0.15) is 36.3 Å². The molecule has 1 fully saturated rings. The van der Waals surface area contributed by atoms with Crippen molar-refractivity contribution >= 4 is 5.91 Å². The first-order chi connectivity index (χ1) is 9.22. The SMILES string of the molecule is NC(=O)c1nccn1CCN[C@@H]1CCCC[C@@H]1CO. The van der Waals surface area contributed by atoms with Crippen LogP contribution in [0.15, 0.2) is 12.4 Å². The molecular formula is C13H22N4O2. The summed E-state index contributed by atoms with van der Waals surface area (Å²) in [7, 11) is 0. The molecule has 1 saturated carbocycles. The average molecular weight is 266 g/mol. The summed E-state index contributed by atoms with van der Waals surface area (Å²) in [5, 5.41) is 12.8. The van der Waals surface area contributed by atoms with Gasteiger partial charge in [0.2, 0.25) is 0 Å². The molecule has 0 saturated heterocycles. The molecule has 4 N–H and O–H groups in total. The van der Waals surface area contributed by atoms with Crippen LogP contribution < -0.4 is 11.1 Å². The molecule has 1 aromatic heterocycles. The Morgan fingerprint density at radius 1 is 1.53 bits per heavy atom. The molecule has 0 unspecified atom stereocenters. The molecule has 0 radical (unpaired) electrons. The van der Waals surface area contributed by atoms with E-state index >= 15 is 0 Å². The Labute approximate surface area is 113 Å². The average Bonchev–Trinajstić information content (AvgIpc) is 2.88. The van der Waals surface area contributed by atoms with Gasteiger partial charge < -0.3 is 20.7 Å². The zero-order valence-electron chi connectivity index (χ0n) is 11.1. The van der Waals surface area contributed by atoms with Crippen LogP contribution in [0.25, 0.3) is 0 Å². The summed E-state index contributed by atoms with van der Waals surface area (Å²) in [6.07, 6.45) is 7.95. The van der Waals surface area contributed by atoms with Gasteiger partial charge in [0.05, 0.1) is 0 Å². The molecule has 6 nitrogen and oxygen atoms in total. The maximum Gasteiger partial charge on any atom is 0.284 e. The third-order valence-electron chi connectivity index (χ3n) is 3.84. The van der Waals surface area contributed by atoms with Crippen molar-refractivity contribution in [1.82, 2.24) is 14.9 Å². The maximum absolute atomic E-state index is 11.1. The number of aliphatic hydroxyl groups is 1. The van der Waals surface area contributed by atoms with Gasteiger partial charge in [-0.05, 0) is 18.8 Å². The third-order valence-corrected chi connectivity index (χ3v) is 3.84. The quantitative estimate of drug-likeness (QED) is 0.682. The van der Waals surface area contributed by atoms with Gasteiger partial charge in [-0.1, -0.05) is 12.8 Å². The highest BCUT2D eigenvalue weighted by Crippen LogP contribution is 2.23. The van der Waals surface area contributed by atoms with Crippen molar-refractivity contribution in [2.75, 3.05) is 13.2 Å². The molecule has 2 rings (SSSR count). The van der Waals surface area contributed by atoms with Crippen LogP contribution in [0.2, 0.25) is 0 Å². The number of aliphatic hydroxyl groups excluding tert-OH is 1. The highest BCUT2D eigenvalue weighted by Gasteiger charge is 2.23. The zero-order valence-corrected chi connectivity index (χ0v) is 11.1. The molecular weight excluding hydrogens is 244 g/mol. The van der Waals surface area contributed by atoms with Gasteiger partial charge in [0.15, 0.2) is 5.82 Å². The summed E-state index contributed by atoms with van der Waals surface area (Å²) in [5.41, 5.74) is 5.24. The standard InChI is InChI=1S/C13H22N4O2/c14-12(19)13-16-6-8-17(13)7-5-15-11-4-2-1-3-10(11)9-18/h6,8,10-11,15,18H,1-5,7,9H2,(H2,14,19)/t10-,11-/m1/s1. The minimum atomic E-state index is -0.504. The Kier molecular flexibility index (Phi) is 4.93. The Morgan fingerprint density at radius 2 is 2.32 bits per heavy atom. The Hall–Kier alpha value is -1.40. The van der Waals surface area contributed by atoms with Gasteiger partial charge in [0.1, 0.15) is 0 Å². The number of amides is 1. The lowest BCUT2D eigenvalue weighted by Gasteiger charge is -2.31. The van der Waals surface area contributed by atoms with E-state index in [2.05, 4.69) is 10.3 Å². The minimum absolute atomic E-state index is 0.245. The summed E-state index contributed by atoms with van der Waals surface area (Å²) in [4.78, 5) is 15.1. The molecule has 1 aliphatic carbocycles. The van der Waals surface area contributed by atoms with E-state index < -0.39 is 5.91 Å². The molecule has 1 aliphatic rings. The van der Waals surface area contributed by atoms with Crippen molar-refractivity contribution in [3.8, 4) is 0 Å². The van der Waals surface area contributed by atoms with E-state index in [0.717, 1.165) is 19.4 Å². The van der Waals surface area contributed by atoms with Crippen molar-refractivity contribution < 1.29 is 9.90 Å². The van der Waals surface area contributed by atoms with Gasteiger partial charge in [-0.3, -0.25) is 4.79 Å². The van der Waals surface area contributed by atoms with E-state index in [4.69, 9.17) is 5.73 Å². The van der Waals surface area contributed by atoms with Crippen LogP contribution in [-0.2, 0) is 6.54 Å². The summed E-state index contributed by atoms with van der Waals surface area (Å²) >= 11 is 0. The van der Waals surface area contributed by atoms with Crippen LogP contribution in [0.5, 0.6) is 0 Å². The van der Waals surface area contributed by atoms with Gasteiger partial charge >= 0.3 is 0 Å². The lowest BCUT2D eigenvalue weighted by Crippen LogP contribution is -2.41. The minimum Gasteiger partial charge on any atom is -0.396 e. The van der Waals surface area contributed by atoms with Crippen LogP contribution in [0.3, 0.4) is 0 Å². The van der Waals surface area contributed by atoms with Crippen molar-refractivity contribution in [2.24, 2.45) is 11.7 Å². The first-order valence-electron chi connectivity index (χ1n) is 6.87. The zero-order chi connectivity index (χ0) is 13.7. The Balaban J connectivity index is 1.82. The van der Waals surface area contributed by atoms with E-state index in [1.807, 2.05) is 0 Å². The van der Waals surface area contributed by atoms with Crippen LogP contribution >= 0.6 is 0 Å². The first-order valence-corrected chi connectivity index (χ1v) is 6.87. The molecule has 6 heteroatoms. The second-order valence-corrected chi connectivity index (χ2v) is 5.10. The summed E-state index contributed by atoms with van der Waals surface area (Å²) in [6.45, 7) is 1.65. The predicted molar refractivity (Wildman–Crippen MR) is 71.6 cm³/mol. The maximum atomic E-state index is 11.1. The fourth-order valence-electron chi connectivity index (χ4n) is 2.78. The molecule has 0 aromatic carbocycles. The molecule has 0 spiro atoms. The van der Waals surface area contributed by atoms with Gasteiger partial charge in [-0.25, -0.2) is 4.98 Å². The topological polar surface area (TPSA) is 93.2 Å². The molecule has 106 valence electrons. The van der Waals surface area contributed by atoms with E-state index in [1.54, 1.807) is 17.0 Å². The normalized spacial score (nSPS) is 23.4. The number of carbonyl (C=O) groups is 1. The molecule has 0 bridgehead atoms. The molecule has 2 atom stereocenters. The van der Waals surface area contributed by atoms with Crippen LogP contribution in [0, 0.1) is 5.92 Å². The molecule has 1 amide bonds. The van der Waals surface area contributed by atoms with Crippen LogP contribution in [0.4, 0.5) is 0 Å². The summed E-state index contributed by atoms with van der Waals surface area (Å²) in [6, 6.07) is 0.374. The summed E-state index contributed by atoms with van der Waals surface area (Å²) < 4.78 is 1.76. The molecule has 1 heterocycles. The second kappa shape index (κ2) is 6.68. The number of nitrogens with zero attached hydrogens (tertiary/aromatic N) is 2.